The van der Waals surface area contributed by atoms with Crippen LogP contribution in [0.3, 0.4) is 0 Å². The van der Waals surface area contributed by atoms with Crippen molar-refractivity contribution in [3.05, 3.63) is 18.2 Å². The summed E-state index contributed by atoms with van der Waals surface area (Å²) in [5.74, 6) is 0.688. The predicted molar refractivity (Wildman–Crippen MR) is 79.5 cm³/mol. The highest BCUT2D eigenvalue weighted by molar-refractivity contribution is 5.95. The summed E-state index contributed by atoms with van der Waals surface area (Å²) in [6.07, 6.45) is 0. The highest BCUT2D eigenvalue weighted by atomic mass is 16.5. The smallest absolute Gasteiger partial charge is 0.226 e. The van der Waals surface area contributed by atoms with Crippen molar-refractivity contribution in [2.45, 2.75) is 13.8 Å². The number of benzene rings is 1. The first-order chi connectivity index (χ1) is 9.61. The predicted octanol–water partition coefficient (Wildman–Crippen LogP) is 2.13. The number of nitrogens with zero attached hydrogens (tertiary/aromatic N) is 1. The van der Waals surface area contributed by atoms with Gasteiger partial charge in [0, 0.05) is 25.1 Å². The molecule has 0 spiro atoms. The maximum absolute atomic E-state index is 12.0. The Morgan fingerprint density at radius 3 is 2.65 bits per heavy atom. The molecule has 0 radical (unpaired) electrons. The fraction of sp³-hybridized carbons (Fsp3) is 0.533. The van der Waals surface area contributed by atoms with Crippen LogP contribution in [0.15, 0.2) is 18.2 Å². The zero-order valence-electron chi connectivity index (χ0n) is 12.3. The van der Waals surface area contributed by atoms with Crippen LogP contribution in [-0.4, -0.2) is 39.3 Å². The highest BCUT2D eigenvalue weighted by Crippen LogP contribution is 2.31. The number of methoxy groups -OCH3 is 1. The maximum atomic E-state index is 12.0. The first kappa shape index (κ1) is 14.7. The monoisotopic (exact) mass is 278 g/mol. The number of ether oxygens (including phenoxy) is 2. The third-order valence-corrected chi connectivity index (χ3v) is 3.34. The summed E-state index contributed by atoms with van der Waals surface area (Å²) in [5.41, 5.74) is 1.81. The number of carbonyl (C=O) groups is 1. The molecule has 0 bridgehead atoms. The number of rotatable bonds is 4. The van der Waals surface area contributed by atoms with E-state index in [9.17, 15) is 4.79 Å². The summed E-state index contributed by atoms with van der Waals surface area (Å²) in [5, 5.41) is 2.98. The fourth-order valence-electron chi connectivity index (χ4n) is 2.10. The first-order valence-electron chi connectivity index (χ1n) is 6.93. The van der Waals surface area contributed by atoms with Crippen LogP contribution in [0.25, 0.3) is 0 Å². The molecule has 1 amide bonds. The molecule has 0 aromatic heterocycles. The van der Waals surface area contributed by atoms with Gasteiger partial charge in [0.1, 0.15) is 5.75 Å². The van der Waals surface area contributed by atoms with Crippen LogP contribution in [0, 0.1) is 5.92 Å². The summed E-state index contributed by atoms with van der Waals surface area (Å²) in [4.78, 5) is 14.2. The van der Waals surface area contributed by atoms with E-state index in [0.29, 0.717) is 13.2 Å². The van der Waals surface area contributed by atoms with Gasteiger partial charge < -0.3 is 19.7 Å². The molecule has 20 heavy (non-hydrogen) atoms. The number of nitrogens with one attached hydrogen (secondary N) is 1. The van der Waals surface area contributed by atoms with Gasteiger partial charge in [-0.3, -0.25) is 4.79 Å². The lowest BCUT2D eigenvalue weighted by atomic mass is 10.1. The normalized spacial score (nSPS) is 15.3. The van der Waals surface area contributed by atoms with Crippen molar-refractivity contribution in [2.75, 3.05) is 43.6 Å². The lowest BCUT2D eigenvalue weighted by molar-refractivity contribution is -0.118. The molecule has 0 saturated carbocycles. The lowest BCUT2D eigenvalue weighted by Crippen LogP contribution is -2.36. The Balaban J connectivity index is 2.26. The van der Waals surface area contributed by atoms with Crippen molar-refractivity contribution >= 4 is 17.3 Å². The Hall–Kier alpha value is -1.75. The molecule has 110 valence electrons. The summed E-state index contributed by atoms with van der Waals surface area (Å²) < 4.78 is 10.6. The van der Waals surface area contributed by atoms with Crippen LogP contribution >= 0.6 is 0 Å². The summed E-state index contributed by atoms with van der Waals surface area (Å²) in [7, 11) is 1.62. The molecule has 1 aliphatic rings. The Bertz CT molecular complexity index is 468. The highest BCUT2D eigenvalue weighted by Gasteiger charge is 2.17. The molecule has 2 rings (SSSR count). The van der Waals surface area contributed by atoms with Gasteiger partial charge in [0.05, 0.1) is 31.7 Å². The minimum absolute atomic E-state index is 0.00719. The van der Waals surface area contributed by atoms with Crippen molar-refractivity contribution in [2.24, 2.45) is 5.92 Å². The van der Waals surface area contributed by atoms with Gasteiger partial charge in [0.15, 0.2) is 0 Å². The quantitative estimate of drug-likeness (QED) is 0.916. The summed E-state index contributed by atoms with van der Waals surface area (Å²) in [6, 6.07) is 5.76. The number of hydrogen-bond acceptors (Lipinski definition) is 4. The van der Waals surface area contributed by atoms with Crippen molar-refractivity contribution in [1.82, 2.24) is 0 Å². The summed E-state index contributed by atoms with van der Waals surface area (Å²) >= 11 is 0. The fourth-order valence-corrected chi connectivity index (χ4v) is 2.10. The molecule has 0 unspecified atom stereocenters. The van der Waals surface area contributed by atoms with Crippen LogP contribution in [0.5, 0.6) is 5.75 Å². The number of anilines is 2. The maximum Gasteiger partial charge on any atom is 0.226 e. The number of amides is 1. The molecule has 1 N–H and O–H groups in total. The molecule has 5 heteroatoms. The SMILES string of the molecule is COc1ccc(N2CCOCC2)c(NC(=O)C(C)C)c1. The van der Waals surface area contributed by atoms with Gasteiger partial charge in [-0.05, 0) is 12.1 Å². The number of morpholine rings is 1. The third kappa shape index (κ3) is 3.42. The van der Waals surface area contributed by atoms with E-state index < -0.39 is 0 Å². The molecule has 5 nitrogen and oxygen atoms in total. The van der Waals surface area contributed by atoms with Crippen LogP contribution in [-0.2, 0) is 9.53 Å². The van der Waals surface area contributed by atoms with E-state index >= 15 is 0 Å². The Morgan fingerprint density at radius 1 is 1.35 bits per heavy atom. The van der Waals surface area contributed by atoms with Crippen LogP contribution in [0.4, 0.5) is 11.4 Å². The topological polar surface area (TPSA) is 50.8 Å². The molecule has 1 aromatic rings. The molecule has 0 atom stereocenters. The first-order valence-corrected chi connectivity index (χ1v) is 6.93. The Labute approximate surface area is 119 Å². The van der Waals surface area contributed by atoms with E-state index in [4.69, 9.17) is 9.47 Å². The molecular formula is C15H22N2O3. The van der Waals surface area contributed by atoms with E-state index in [1.54, 1.807) is 7.11 Å². The Morgan fingerprint density at radius 2 is 2.05 bits per heavy atom. The Kier molecular flexibility index (Phi) is 4.84. The second kappa shape index (κ2) is 6.61. The molecular weight excluding hydrogens is 256 g/mol. The van der Waals surface area contributed by atoms with E-state index in [1.807, 2.05) is 32.0 Å². The second-order valence-corrected chi connectivity index (χ2v) is 5.13. The van der Waals surface area contributed by atoms with Gasteiger partial charge in [-0.1, -0.05) is 13.8 Å². The van der Waals surface area contributed by atoms with Crippen molar-refractivity contribution in [3.8, 4) is 5.75 Å². The lowest BCUT2D eigenvalue weighted by Gasteiger charge is -2.30. The van der Waals surface area contributed by atoms with Crippen LogP contribution in [0.1, 0.15) is 13.8 Å². The molecule has 1 aromatic carbocycles. The van der Waals surface area contributed by atoms with Gasteiger partial charge >= 0.3 is 0 Å². The molecule has 1 heterocycles. The third-order valence-electron chi connectivity index (χ3n) is 3.34. The summed E-state index contributed by atoms with van der Waals surface area (Å²) in [6.45, 7) is 6.84. The average Bonchev–Trinajstić information content (AvgIpc) is 2.48. The largest absolute Gasteiger partial charge is 0.497 e. The number of hydrogen-bond donors (Lipinski definition) is 1. The zero-order valence-corrected chi connectivity index (χ0v) is 12.3. The van der Waals surface area contributed by atoms with Gasteiger partial charge in [0.2, 0.25) is 5.91 Å². The van der Waals surface area contributed by atoms with Crippen LogP contribution in [0.2, 0.25) is 0 Å². The van der Waals surface area contributed by atoms with Gasteiger partial charge in [-0.2, -0.15) is 0 Å². The van der Waals surface area contributed by atoms with Crippen molar-refractivity contribution in [3.63, 3.8) is 0 Å². The molecule has 0 aliphatic carbocycles. The van der Waals surface area contributed by atoms with E-state index in [-0.39, 0.29) is 11.8 Å². The van der Waals surface area contributed by atoms with Crippen molar-refractivity contribution < 1.29 is 14.3 Å². The zero-order chi connectivity index (χ0) is 14.5. The van der Waals surface area contributed by atoms with Gasteiger partial charge in [-0.15, -0.1) is 0 Å². The van der Waals surface area contributed by atoms with E-state index in [1.165, 1.54) is 0 Å². The van der Waals surface area contributed by atoms with Crippen LogP contribution < -0.4 is 15.0 Å². The van der Waals surface area contributed by atoms with Gasteiger partial charge in [-0.25, -0.2) is 0 Å². The molecule has 1 saturated heterocycles. The van der Waals surface area contributed by atoms with Gasteiger partial charge in [0.25, 0.3) is 0 Å². The molecule has 1 aliphatic heterocycles. The van der Waals surface area contributed by atoms with E-state index in [0.717, 1.165) is 30.2 Å². The minimum atomic E-state index is -0.0567. The number of carbonyl (C=O) groups excluding carboxylic acids is 1. The van der Waals surface area contributed by atoms with E-state index in [2.05, 4.69) is 10.2 Å². The molecule has 1 fully saturated rings. The van der Waals surface area contributed by atoms with Crippen molar-refractivity contribution in [1.29, 1.82) is 0 Å². The minimum Gasteiger partial charge on any atom is -0.497 e. The standard InChI is InChI=1S/C15H22N2O3/c1-11(2)15(18)16-13-10-12(19-3)4-5-14(13)17-6-8-20-9-7-17/h4-5,10-11H,6-9H2,1-3H3,(H,16,18). The average molecular weight is 278 g/mol. The second-order valence-electron chi connectivity index (χ2n) is 5.13.